The van der Waals surface area contributed by atoms with E-state index < -0.39 is 0 Å². The van der Waals surface area contributed by atoms with Gasteiger partial charge in [-0.15, -0.1) is 0 Å². The third-order valence-corrected chi connectivity index (χ3v) is 1.99. The number of rotatable bonds is 7. The molecule has 3 nitrogen and oxygen atoms in total. The largest absolute Gasteiger partial charge is 0.356 e. The van der Waals surface area contributed by atoms with Crippen molar-refractivity contribution in [3.63, 3.8) is 0 Å². The highest BCUT2D eigenvalue weighted by molar-refractivity contribution is 5.94. The number of Topliss-reactive ketones (excluding diaryl/α,β-unsaturated/α-hetero) is 1. The van der Waals surface area contributed by atoms with Crippen LogP contribution < -0.4 is 5.32 Å². The third-order valence-electron chi connectivity index (χ3n) is 1.99. The highest BCUT2D eigenvalue weighted by Crippen LogP contribution is 2.02. The van der Waals surface area contributed by atoms with Crippen LogP contribution in [0.5, 0.6) is 0 Å². The van der Waals surface area contributed by atoms with Crippen LogP contribution >= 0.6 is 0 Å². The Morgan fingerprint density at radius 3 is 2.33 bits per heavy atom. The highest BCUT2D eigenvalue weighted by atomic mass is 16.1. The molecule has 0 heterocycles. The van der Waals surface area contributed by atoms with E-state index in [1.54, 1.807) is 6.92 Å². The lowest BCUT2D eigenvalue weighted by Gasteiger charge is -2.07. The molecule has 86 valence electrons. The van der Waals surface area contributed by atoms with Gasteiger partial charge < -0.3 is 5.32 Å². The third kappa shape index (κ3) is 7.91. The van der Waals surface area contributed by atoms with Crippen molar-refractivity contribution in [3.05, 3.63) is 12.2 Å². The van der Waals surface area contributed by atoms with Gasteiger partial charge in [-0.3, -0.25) is 9.59 Å². The van der Waals surface area contributed by atoms with Crippen LogP contribution in [0.4, 0.5) is 0 Å². The Hall–Kier alpha value is -1.12. The molecule has 0 saturated carbocycles. The number of hydrogen-bond acceptors (Lipinski definition) is 2. The van der Waals surface area contributed by atoms with Gasteiger partial charge in [-0.05, 0) is 24.8 Å². The molecule has 0 aliphatic carbocycles. The molecule has 0 saturated heterocycles. The maximum absolute atomic E-state index is 11.3. The summed E-state index contributed by atoms with van der Waals surface area (Å²) in [7, 11) is 0. The smallest absolute Gasteiger partial charge is 0.220 e. The van der Waals surface area contributed by atoms with Crippen LogP contribution in [0, 0.1) is 5.92 Å². The Balaban J connectivity index is 3.55. The fraction of sp³-hybridized carbons (Fsp3) is 0.667. The van der Waals surface area contributed by atoms with Crippen molar-refractivity contribution in [1.29, 1.82) is 0 Å². The monoisotopic (exact) mass is 211 g/mol. The molecule has 0 radical (unpaired) electrons. The number of allylic oxidation sites excluding steroid dienone is 1. The zero-order valence-corrected chi connectivity index (χ0v) is 9.93. The van der Waals surface area contributed by atoms with Gasteiger partial charge in [0.1, 0.15) is 0 Å². The summed E-state index contributed by atoms with van der Waals surface area (Å²) in [6, 6.07) is 0. The predicted molar refractivity (Wildman–Crippen MR) is 61.5 cm³/mol. The van der Waals surface area contributed by atoms with Crippen LogP contribution in [0.2, 0.25) is 0 Å². The lowest BCUT2D eigenvalue weighted by Crippen LogP contribution is -2.27. The average Bonchev–Trinajstić information content (AvgIpc) is 2.14. The second kappa shape index (κ2) is 7.21. The van der Waals surface area contributed by atoms with E-state index in [9.17, 15) is 9.59 Å². The molecule has 1 N–H and O–H groups in total. The van der Waals surface area contributed by atoms with Gasteiger partial charge in [0.2, 0.25) is 5.91 Å². The number of amides is 1. The van der Waals surface area contributed by atoms with Crippen LogP contribution in [0.25, 0.3) is 0 Å². The fourth-order valence-electron chi connectivity index (χ4n) is 1.03. The van der Waals surface area contributed by atoms with E-state index >= 15 is 0 Å². The Morgan fingerprint density at radius 1 is 1.27 bits per heavy atom. The number of carbonyl (C=O) groups excluding carboxylic acids is 2. The molecule has 0 rings (SSSR count). The van der Waals surface area contributed by atoms with Crippen LogP contribution in [-0.4, -0.2) is 18.2 Å². The van der Waals surface area contributed by atoms with Gasteiger partial charge >= 0.3 is 0 Å². The van der Waals surface area contributed by atoms with Gasteiger partial charge in [-0.25, -0.2) is 0 Å². The van der Waals surface area contributed by atoms with E-state index in [4.69, 9.17) is 0 Å². The fourth-order valence-corrected chi connectivity index (χ4v) is 1.03. The second-order valence-corrected chi connectivity index (χ2v) is 4.25. The molecule has 15 heavy (non-hydrogen) atoms. The van der Waals surface area contributed by atoms with Crippen molar-refractivity contribution in [2.45, 2.75) is 40.0 Å². The summed E-state index contributed by atoms with van der Waals surface area (Å²) >= 11 is 0. The number of hydrogen-bond donors (Lipinski definition) is 1. The number of nitrogens with one attached hydrogen (secondary N) is 1. The molecular formula is C12H21NO2. The molecule has 0 bridgehead atoms. The van der Waals surface area contributed by atoms with Crippen molar-refractivity contribution in [2.75, 3.05) is 6.54 Å². The first-order valence-corrected chi connectivity index (χ1v) is 5.39. The first kappa shape index (κ1) is 13.9. The zero-order chi connectivity index (χ0) is 11.8. The minimum absolute atomic E-state index is 0.0261. The summed E-state index contributed by atoms with van der Waals surface area (Å²) in [6.07, 6.45) is 1.45. The van der Waals surface area contributed by atoms with E-state index in [2.05, 4.69) is 11.9 Å². The summed E-state index contributed by atoms with van der Waals surface area (Å²) in [4.78, 5) is 22.4. The van der Waals surface area contributed by atoms with Gasteiger partial charge in [0, 0.05) is 19.4 Å². The molecule has 0 aliphatic heterocycles. The molecule has 0 atom stereocenters. The SMILES string of the molecule is C=C(C)C(=O)CCCC(=O)NCC(C)C. The lowest BCUT2D eigenvalue weighted by atomic mass is 10.1. The molecule has 1 amide bonds. The molecule has 0 aromatic carbocycles. The average molecular weight is 211 g/mol. The summed E-state index contributed by atoms with van der Waals surface area (Å²) in [5.41, 5.74) is 0.567. The second-order valence-electron chi connectivity index (χ2n) is 4.25. The predicted octanol–water partition coefficient (Wildman–Crippen LogP) is 2.07. The number of ketones is 1. The summed E-state index contributed by atoms with van der Waals surface area (Å²) < 4.78 is 0. The zero-order valence-electron chi connectivity index (χ0n) is 9.93. The minimum atomic E-state index is 0.0261. The Bertz CT molecular complexity index is 244. The molecule has 3 heteroatoms. The van der Waals surface area contributed by atoms with Crippen LogP contribution in [0.1, 0.15) is 40.0 Å². The minimum Gasteiger partial charge on any atom is -0.356 e. The topological polar surface area (TPSA) is 46.2 Å². The van der Waals surface area contributed by atoms with Gasteiger partial charge in [0.25, 0.3) is 0 Å². The summed E-state index contributed by atoms with van der Waals surface area (Å²) in [5, 5.41) is 2.81. The van der Waals surface area contributed by atoms with Gasteiger partial charge in [0.05, 0.1) is 0 Å². The number of carbonyl (C=O) groups is 2. The molecule has 0 aliphatic rings. The Morgan fingerprint density at radius 2 is 1.87 bits per heavy atom. The van der Waals surface area contributed by atoms with E-state index in [0.717, 1.165) is 0 Å². The van der Waals surface area contributed by atoms with Crippen molar-refractivity contribution < 1.29 is 9.59 Å². The summed E-state index contributed by atoms with van der Waals surface area (Å²) in [5.74, 6) is 0.538. The first-order chi connectivity index (χ1) is 6.93. The van der Waals surface area contributed by atoms with E-state index in [-0.39, 0.29) is 11.7 Å². The normalized spacial score (nSPS) is 10.1. The van der Waals surface area contributed by atoms with Crippen molar-refractivity contribution in [1.82, 2.24) is 5.32 Å². The molecule has 0 aromatic heterocycles. The van der Waals surface area contributed by atoms with E-state index in [1.807, 2.05) is 13.8 Å². The maximum atomic E-state index is 11.3. The van der Waals surface area contributed by atoms with Gasteiger partial charge in [-0.2, -0.15) is 0 Å². The summed E-state index contributed by atoms with van der Waals surface area (Å²) in [6.45, 7) is 10.1. The maximum Gasteiger partial charge on any atom is 0.220 e. The van der Waals surface area contributed by atoms with Crippen LogP contribution in [-0.2, 0) is 9.59 Å². The standard InChI is InChI=1S/C12H21NO2/c1-9(2)8-13-12(15)7-5-6-11(14)10(3)4/h9H,3,5-8H2,1-2,4H3,(H,13,15). The van der Waals surface area contributed by atoms with Gasteiger partial charge in [-0.1, -0.05) is 20.4 Å². The van der Waals surface area contributed by atoms with Crippen molar-refractivity contribution in [3.8, 4) is 0 Å². The van der Waals surface area contributed by atoms with Crippen LogP contribution in [0.3, 0.4) is 0 Å². The molecule has 0 unspecified atom stereocenters. The van der Waals surface area contributed by atoms with Crippen molar-refractivity contribution in [2.24, 2.45) is 5.92 Å². The highest BCUT2D eigenvalue weighted by Gasteiger charge is 2.05. The van der Waals surface area contributed by atoms with Gasteiger partial charge in [0.15, 0.2) is 5.78 Å². The van der Waals surface area contributed by atoms with Crippen molar-refractivity contribution >= 4 is 11.7 Å². The van der Waals surface area contributed by atoms with E-state index in [1.165, 1.54) is 0 Å². The quantitative estimate of drug-likeness (QED) is 0.655. The first-order valence-electron chi connectivity index (χ1n) is 5.39. The van der Waals surface area contributed by atoms with E-state index in [0.29, 0.717) is 37.3 Å². The molecule has 0 spiro atoms. The van der Waals surface area contributed by atoms with Crippen LogP contribution in [0.15, 0.2) is 12.2 Å². The lowest BCUT2D eigenvalue weighted by molar-refractivity contribution is -0.121. The Kier molecular flexibility index (Phi) is 6.67. The Labute approximate surface area is 91.9 Å². The molecular weight excluding hydrogens is 190 g/mol. The molecule has 0 aromatic rings. The molecule has 0 fully saturated rings.